The second-order valence-electron chi connectivity index (χ2n) is 6.36. The highest BCUT2D eigenvalue weighted by molar-refractivity contribution is 8.00. The number of carbonyl (C=O) groups excluding carboxylic acids is 3. The van der Waals surface area contributed by atoms with E-state index in [1.165, 1.54) is 30.2 Å². The number of hydrogen-bond donors (Lipinski definition) is 1. The fourth-order valence-electron chi connectivity index (χ4n) is 3.02. The molecular formula is C20H21ClN2O5S2. The first-order valence-corrected chi connectivity index (χ1v) is 11.4. The Morgan fingerprint density at radius 2 is 2.00 bits per heavy atom. The van der Waals surface area contributed by atoms with Crippen LogP contribution in [0, 0.1) is 0 Å². The Morgan fingerprint density at radius 3 is 2.67 bits per heavy atom. The predicted octanol–water partition coefficient (Wildman–Crippen LogP) is 4.43. The molecule has 0 spiro atoms. The molecule has 1 aliphatic rings. The van der Waals surface area contributed by atoms with E-state index in [9.17, 15) is 14.4 Å². The van der Waals surface area contributed by atoms with Crippen LogP contribution in [-0.4, -0.2) is 48.9 Å². The molecule has 3 rings (SSSR count). The van der Waals surface area contributed by atoms with Crippen molar-refractivity contribution < 1.29 is 23.9 Å². The molecule has 0 radical (unpaired) electrons. The van der Waals surface area contributed by atoms with Crippen LogP contribution in [0.1, 0.15) is 27.7 Å². The van der Waals surface area contributed by atoms with Crippen molar-refractivity contribution >= 4 is 57.7 Å². The summed E-state index contributed by atoms with van der Waals surface area (Å²) in [6, 6.07) is 7.21. The molecule has 160 valence electrons. The summed E-state index contributed by atoms with van der Waals surface area (Å²) in [6.07, 6.45) is 0.103. The summed E-state index contributed by atoms with van der Waals surface area (Å²) in [5.74, 6) is -0.557. The highest BCUT2D eigenvalue weighted by Gasteiger charge is 2.31. The summed E-state index contributed by atoms with van der Waals surface area (Å²) < 4.78 is 10.00. The fourth-order valence-corrected chi connectivity index (χ4v) is 5.11. The number of benzene rings is 1. The summed E-state index contributed by atoms with van der Waals surface area (Å²) in [5, 5.41) is 3.91. The van der Waals surface area contributed by atoms with Crippen LogP contribution in [-0.2, 0) is 27.2 Å². The van der Waals surface area contributed by atoms with Gasteiger partial charge in [-0.1, -0.05) is 11.6 Å². The van der Waals surface area contributed by atoms with Crippen LogP contribution in [0.5, 0.6) is 0 Å². The lowest BCUT2D eigenvalue weighted by molar-refractivity contribution is -0.113. The van der Waals surface area contributed by atoms with Gasteiger partial charge in [0, 0.05) is 21.3 Å². The minimum atomic E-state index is -0.502. The van der Waals surface area contributed by atoms with E-state index in [4.69, 9.17) is 21.1 Å². The normalized spacial score (nSPS) is 12.8. The monoisotopic (exact) mass is 468 g/mol. The number of rotatable bonds is 6. The van der Waals surface area contributed by atoms with Crippen molar-refractivity contribution in [1.29, 1.82) is 0 Å². The average Bonchev–Trinajstić information content (AvgIpc) is 3.09. The summed E-state index contributed by atoms with van der Waals surface area (Å²) in [7, 11) is 1.31. The molecule has 2 amide bonds. The molecule has 0 saturated heterocycles. The average molecular weight is 469 g/mol. The molecule has 10 heteroatoms. The Morgan fingerprint density at radius 1 is 1.27 bits per heavy atom. The van der Waals surface area contributed by atoms with Crippen LogP contribution in [0.2, 0.25) is 5.02 Å². The molecular weight excluding hydrogens is 448 g/mol. The van der Waals surface area contributed by atoms with E-state index in [0.717, 1.165) is 15.3 Å². The molecule has 0 aliphatic carbocycles. The van der Waals surface area contributed by atoms with E-state index < -0.39 is 5.97 Å². The third-order valence-corrected chi connectivity index (χ3v) is 6.81. The van der Waals surface area contributed by atoms with Gasteiger partial charge in [0.2, 0.25) is 5.91 Å². The zero-order valence-corrected chi connectivity index (χ0v) is 18.9. The molecule has 0 fully saturated rings. The number of nitrogens with zero attached hydrogens (tertiary/aromatic N) is 1. The lowest BCUT2D eigenvalue weighted by Gasteiger charge is -2.26. The summed E-state index contributed by atoms with van der Waals surface area (Å²) >= 11 is 8.53. The number of methoxy groups -OCH3 is 1. The van der Waals surface area contributed by atoms with Crippen LogP contribution >= 0.6 is 34.7 Å². The number of nitrogens with one attached hydrogen (secondary N) is 1. The van der Waals surface area contributed by atoms with E-state index in [-0.39, 0.29) is 17.8 Å². The fraction of sp³-hybridized carbons (Fsp3) is 0.350. The van der Waals surface area contributed by atoms with Gasteiger partial charge in [-0.3, -0.25) is 4.79 Å². The van der Waals surface area contributed by atoms with Gasteiger partial charge in [0.15, 0.2) is 0 Å². The molecule has 1 aromatic heterocycles. The van der Waals surface area contributed by atoms with Crippen molar-refractivity contribution in [1.82, 2.24) is 4.90 Å². The van der Waals surface area contributed by atoms with Gasteiger partial charge in [0.05, 0.1) is 31.6 Å². The zero-order chi connectivity index (χ0) is 21.7. The summed E-state index contributed by atoms with van der Waals surface area (Å²) in [4.78, 5) is 40.3. The molecule has 1 N–H and O–H groups in total. The van der Waals surface area contributed by atoms with Crippen molar-refractivity contribution in [2.45, 2.75) is 24.8 Å². The minimum Gasteiger partial charge on any atom is -0.465 e. The van der Waals surface area contributed by atoms with E-state index in [1.54, 1.807) is 24.0 Å². The van der Waals surface area contributed by atoms with Gasteiger partial charge in [-0.2, -0.15) is 0 Å². The third kappa shape index (κ3) is 5.27. The number of ether oxygens (including phenoxy) is 2. The molecule has 1 aliphatic heterocycles. The molecule has 0 atom stereocenters. The van der Waals surface area contributed by atoms with E-state index in [0.29, 0.717) is 41.7 Å². The molecule has 2 heterocycles. The van der Waals surface area contributed by atoms with Gasteiger partial charge in [-0.25, -0.2) is 9.59 Å². The number of fused-ring (bicyclic) bond motifs is 1. The first-order chi connectivity index (χ1) is 14.4. The summed E-state index contributed by atoms with van der Waals surface area (Å²) in [5.41, 5.74) is 1.18. The molecule has 7 nitrogen and oxygen atoms in total. The lowest BCUT2D eigenvalue weighted by Crippen LogP contribution is -2.36. The van der Waals surface area contributed by atoms with Crippen LogP contribution in [0.4, 0.5) is 9.80 Å². The first-order valence-electron chi connectivity index (χ1n) is 9.25. The summed E-state index contributed by atoms with van der Waals surface area (Å²) in [6.45, 7) is 2.82. The Labute approximate surface area is 187 Å². The van der Waals surface area contributed by atoms with Gasteiger partial charge >= 0.3 is 12.1 Å². The molecule has 30 heavy (non-hydrogen) atoms. The smallest absolute Gasteiger partial charge is 0.410 e. The van der Waals surface area contributed by atoms with Crippen LogP contribution in [0.25, 0.3) is 0 Å². The van der Waals surface area contributed by atoms with Crippen molar-refractivity contribution in [3.8, 4) is 0 Å². The van der Waals surface area contributed by atoms with Crippen LogP contribution < -0.4 is 5.32 Å². The highest BCUT2D eigenvalue weighted by Crippen LogP contribution is 2.38. The molecule has 2 aromatic rings. The highest BCUT2D eigenvalue weighted by atomic mass is 35.5. The number of hydrogen-bond acceptors (Lipinski definition) is 7. The standard InChI is InChI=1S/C20H21ClN2O5S2/c1-3-28-20(26)23-9-8-14-15(10-23)30-18(17(14)19(25)27-2)22-16(24)11-29-13-6-4-12(21)5-7-13/h4-7H,3,8-11H2,1-2H3,(H,22,24). The topological polar surface area (TPSA) is 84.9 Å². The molecule has 0 saturated carbocycles. The molecule has 1 aromatic carbocycles. The van der Waals surface area contributed by atoms with Crippen LogP contribution in [0.3, 0.4) is 0 Å². The third-order valence-electron chi connectivity index (χ3n) is 4.41. The number of thiophene rings is 1. The molecule has 0 bridgehead atoms. The Balaban J connectivity index is 1.74. The first kappa shape index (κ1) is 22.5. The largest absolute Gasteiger partial charge is 0.465 e. The quantitative estimate of drug-likeness (QED) is 0.498. The number of esters is 1. The van der Waals surface area contributed by atoms with Crippen LogP contribution in [0.15, 0.2) is 29.2 Å². The van der Waals surface area contributed by atoms with Crippen molar-refractivity contribution in [2.24, 2.45) is 0 Å². The number of thioether (sulfide) groups is 1. The maximum absolute atomic E-state index is 12.5. The Kier molecular flexibility index (Phi) is 7.63. The maximum Gasteiger partial charge on any atom is 0.410 e. The minimum absolute atomic E-state index is 0.180. The number of halogens is 1. The van der Waals surface area contributed by atoms with Crippen molar-refractivity contribution in [2.75, 3.05) is 31.3 Å². The van der Waals surface area contributed by atoms with E-state index in [1.807, 2.05) is 12.1 Å². The maximum atomic E-state index is 12.5. The van der Waals surface area contributed by atoms with E-state index in [2.05, 4.69) is 5.32 Å². The Bertz CT molecular complexity index is 945. The van der Waals surface area contributed by atoms with Gasteiger partial charge < -0.3 is 19.7 Å². The van der Waals surface area contributed by atoms with Gasteiger partial charge in [-0.15, -0.1) is 23.1 Å². The lowest BCUT2D eigenvalue weighted by atomic mass is 10.0. The van der Waals surface area contributed by atoms with Gasteiger partial charge in [-0.05, 0) is 43.2 Å². The predicted molar refractivity (Wildman–Crippen MR) is 118 cm³/mol. The van der Waals surface area contributed by atoms with Gasteiger partial charge in [0.1, 0.15) is 5.00 Å². The second-order valence-corrected chi connectivity index (χ2v) is 8.95. The number of anilines is 1. The van der Waals surface area contributed by atoms with Crippen molar-refractivity contribution in [3.05, 3.63) is 45.3 Å². The van der Waals surface area contributed by atoms with Gasteiger partial charge in [0.25, 0.3) is 0 Å². The van der Waals surface area contributed by atoms with E-state index >= 15 is 0 Å². The number of amides is 2. The SMILES string of the molecule is CCOC(=O)N1CCc2c(sc(NC(=O)CSc3ccc(Cl)cc3)c2C(=O)OC)C1. The number of carbonyl (C=O) groups is 3. The Hall–Kier alpha value is -2.23. The van der Waals surface area contributed by atoms with Crippen molar-refractivity contribution in [3.63, 3.8) is 0 Å². The second kappa shape index (κ2) is 10.2. The zero-order valence-electron chi connectivity index (χ0n) is 16.5. The molecule has 0 unspecified atom stereocenters.